The molecular weight excluding hydrogens is 204 g/mol. The van der Waals surface area contributed by atoms with Crippen molar-refractivity contribution in [2.24, 2.45) is 5.92 Å². The van der Waals surface area contributed by atoms with Crippen LogP contribution < -0.4 is 5.32 Å². The van der Waals surface area contributed by atoms with Gasteiger partial charge in [-0.1, -0.05) is 0 Å². The third-order valence-electron chi connectivity index (χ3n) is 3.96. The molecule has 3 atom stereocenters. The van der Waals surface area contributed by atoms with E-state index in [0.29, 0.717) is 12.0 Å². The number of likely N-dealkylation sites (tertiary alicyclic amines) is 1. The number of nitrogens with zero attached hydrogens (tertiary/aromatic N) is 1. The number of hydrogen-bond donors (Lipinski definition) is 1. The van der Waals surface area contributed by atoms with Crippen LogP contribution in [0.5, 0.6) is 0 Å². The predicted molar refractivity (Wildman–Crippen MR) is 62.2 cm³/mol. The highest BCUT2D eigenvalue weighted by Crippen LogP contribution is 2.24. The highest BCUT2D eigenvalue weighted by Gasteiger charge is 2.34. The minimum Gasteiger partial charge on any atom is -0.381 e. The predicted octanol–water partition coefficient (Wildman–Crippen LogP) is 0.622. The fourth-order valence-electron chi connectivity index (χ4n) is 2.76. The molecule has 2 fully saturated rings. The first-order valence-electron chi connectivity index (χ1n) is 6.29. The van der Waals surface area contributed by atoms with Crippen LogP contribution in [0.2, 0.25) is 0 Å². The number of likely N-dealkylation sites (N-methyl/N-ethyl adjacent to an activating group) is 1. The molecule has 0 spiro atoms. The summed E-state index contributed by atoms with van der Waals surface area (Å²) in [4.78, 5) is 14.2. The lowest BCUT2D eigenvalue weighted by molar-refractivity contribution is -0.139. The van der Waals surface area contributed by atoms with Gasteiger partial charge in [-0.2, -0.15) is 0 Å². The Balaban J connectivity index is 1.98. The van der Waals surface area contributed by atoms with E-state index in [9.17, 15) is 4.79 Å². The van der Waals surface area contributed by atoms with Gasteiger partial charge >= 0.3 is 0 Å². The van der Waals surface area contributed by atoms with Gasteiger partial charge in [-0.05, 0) is 33.2 Å². The van der Waals surface area contributed by atoms with Crippen molar-refractivity contribution in [3.8, 4) is 0 Å². The van der Waals surface area contributed by atoms with E-state index >= 15 is 0 Å². The molecule has 0 aromatic rings. The number of ether oxygens (including phenoxy) is 1. The largest absolute Gasteiger partial charge is 0.381 e. The maximum absolute atomic E-state index is 12.2. The zero-order chi connectivity index (χ0) is 11.5. The minimum atomic E-state index is 0.0264. The summed E-state index contributed by atoms with van der Waals surface area (Å²) in [7, 11) is 1.87. The molecule has 0 aromatic heterocycles. The molecule has 4 heteroatoms. The van der Waals surface area contributed by atoms with Gasteiger partial charge in [0.15, 0.2) is 0 Å². The smallest absolute Gasteiger partial charge is 0.239 e. The van der Waals surface area contributed by atoms with Crippen molar-refractivity contribution in [3.63, 3.8) is 0 Å². The number of carbonyl (C=O) groups is 1. The third-order valence-corrected chi connectivity index (χ3v) is 3.96. The van der Waals surface area contributed by atoms with Crippen molar-refractivity contribution in [1.82, 2.24) is 10.2 Å². The van der Waals surface area contributed by atoms with Crippen LogP contribution >= 0.6 is 0 Å². The van der Waals surface area contributed by atoms with Gasteiger partial charge in [0.1, 0.15) is 0 Å². The average molecular weight is 226 g/mol. The topological polar surface area (TPSA) is 41.6 Å². The summed E-state index contributed by atoms with van der Waals surface area (Å²) in [6, 6.07) is 0.352. The van der Waals surface area contributed by atoms with Gasteiger partial charge in [0.05, 0.1) is 12.6 Å². The summed E-state index contributed by atoms with van der Waals surface area (Å²) < 4.78 is 5.40. The second kappa shape index (κ2) is 5.15. The molecule has 1 N–H and O–H groups in total. The number of carbonyl (C=O) groups excluding carboxylic acids is 1. The maximum Gasteiger partial charge on any atom is 0.239 e. The third kappa shape index (κ3) is 2.23. The number of nitrogens with one attached hydrogen (secondary N) is 1. The second-order valence-electron chi connectivity index (χ2n) is 4.88. The van der Waals surface area contributed by atoms with Crippen LogP contribution in [-0.4, -0.2) is 49.7 Å². The van der Waals surface area contributed by atoms with Gasteiger partial charge in [-0.15, -0.1) is 0 Å². The number of piperidine rings is 1. The quantitative estimate of drug-likeness (QED) is 0.767. The highest BCUT2D eigenvalue weighted by molar-refractivity contribution is 5.82. The molecule has 92 valence electrons. The van der Waals surface area contributed by atoms with E-state index in [0.717, 1.165) is 39.0 Å². The van der Waals surface area contributed by atoms with E-state index in [-0.39, 0.29) is 11.9 Å². The van der Waals surface area contributed by atoms with Crippen LogP contribution in [0, 0.1) is 5.92 Å². The van der Waals surface area contributed by atoms with Crippen LogP contribution in [0.1, 0.15) is 26.2 Å². The summed E-state index contributed by atoms with van der Waals surface area (Å²) in [5, 5.41) is 3.11. The van der Waals surface area contributed by atoms with Gasteiger partial charge in [0, 0.05) is 25.1 Å². The van der Waals surface area contributed by atoms with Gasteiger partial charge in [0.25, 0.3) is 0 Å². The van der Waals surface area contributed by atoms with Crippen LogP contribution in [0.25, 0.3) is 0 Å². The van der Waals surface area contributed by atoms with Crippen molar-refractivity contribution in [2.75, 3.05) is 26.8 Å². The van der Waals surface area contributed by atoms with Crippen molar-refractivity contribution < 1.29 is 9.53 Å². The molecule has 4 nitrogen and oxygen atoms in total. The lowest BCUT2D eigenvalue weighted by atomic mass is 9.95. The molecule has 0 saturated carbocycles. The Hall–Kier alpha value is -0.610. The zero-order valence-electron chi connectivity index (χ0n) is 10.2. The molecule has 0 aromatic carbocycles. The maximum atomic E-state index is 12.2. The molecule has 1 amide bonds. The Kier molecular flexibility index (Phi) is 3.82. The summed E-state index contributed by atoms with van der Waals surface area (Å²) in [5.41, 5.74) is 0. The van der Waals surface area contributed by atoms with E-state index in [4.69, 9.17) is 4.74 Å². The van der Waals surface area contributed by atoms with Crippen molar-refractivity contribution in [3.05, 3.63) is 0 Å². The lowest BCUT2D eigenvalue weighted by Gasteiger charge is -2.38. The molecule has 2 aliphatic heterocycles. The number of amides is 1. The van der Waals surface area contributed by atoms with Crippen LogP contribution in [-0.2, 0) is 9.53 Å². The van der Waals surface area contributed by atoms with E-state index in [1.807, 2.05) is 11.9 Å². The Labute approximate surface area is 97.3 Å². The summed E-state index contributed by atoms with van der Waals surface area (Å²) in [6.07, 6.45) is 3.17. The Morgan fingerprint density at radius 3 is 2.94 bits per heavy atom. The molecule has 0 radical (unpaired) electrons. The molecule has 3 unspecified atom stereocenters. The van der Waals surface area contributed by atoms with Crippen LogP contribution in [0.15, 0.2) is 0 Å². The molecule has 0 bridgehead atoms. The van der Waals surface area contributed by atoms with Crippen LogP contribution in [0.3, 0.4) is 0 Å². The van der Waals surface area contributed by atoms with E-state index in [2.05, 4.69) is 12.2 Å². The van der Waals surface area contributed by atoms with Gasteiger partial charge < -0.3 is 15.0 Å². The molecule has 0 aliphatic carbocycles. The molecule has 16 heavy (non-hydrogen) atoms. The molecule has 2 aliphatic rings. The summed E-state index contributed by atoms with van der Waals surface area (Å²) in [6.45, 7) is 4.74. The zero-order valence-corrected chi connectivity index (χ0v) is 10.2. The highest BCUT2D eigenvalue weighted by atomic mass is 16.5. The van der Waals surface area contributed by atoms with E-state index in [1.54, 1.807) is 0 Å². The molecule has 2 rings (SSSR count). The first-order valence-corrected chi connectivity index (χ1v) is 6.29. The standard InChI is InChI=1S/C12H22N2O2/c1-9(10-5-7-16-8-10)14-6-3-4-11(13-2)12(14)15/h9-11,13H,3-8H2,1-2H3. The van der Waals surface area contributed by atoms with Crippen LogP contribution in [0.4, 0.5) is 0 Å². The van der Waals surface area contributed by atoms with E-state index in [1.165, 1.54) is 0 Å². The number of rotatable bonds is 3. The van der Waals surface area contributed by atoms with Gasteiger partial charge in [0.2, 0.25) is 5.91 Å². The van der Waals surface area contributed by atoms with Gasteiger partial charge in [-0.3, -0.25) is 4.79 Å². The SMILES string of the molecule is CNC1CCCN(C(C)C2CCOC2)C1=O. The fourth-order valence-corrected chi connectivity index (χ4v) is 2.76. The summed E-state index contributed by atoms with van der Waals surface area (Å²) >= 11 is 0. The Morgan fingerprint density at radius 2 is 2.31 bits per heavy atom. The molecular formula is C12H22N2O2. The normalized spacial score (nSPS) is 33.1. The lowest BCUT2D eigenvalue weighted by Crippen LogP contribution is -2.54. The first kappa shape index (κ1) is 11.9. The number of hydrogen-bond acceptors (Lipinski definition) is 3. The fraction of sp³-hybridized carbons (Fsp3) is 0.917. The van der Waals surface area contributed by atoms with E-state index < -0.39 is 0 Å². The first-order chi connectivity index (χ1) is 7.74. The Bertz CT molecular complexity index is 251. The molecule has 2 heterocycles. The second-order valence-corrected chi connectivity index (χ2v) is 4.88. The minimum absolute atomic E-state index is 0.0264. The monoisotopic (exact) mass is 226 g/mol. The molecule has 2 saturated heterocycles. The van der Waals surface area contributed by atoms with Crippen molar-refractivity contribution in [2.45, 2.75) is 38.3 Å². The Morgan fingerprint density at radius 1 is 1.50 bits per heavy atom. The van der Waals surface area contributed by atoms with Crippen molar-refractivity contribution >= 4 is 5.91 Å². The van der Waals surface area contributed by atoms with Crippen molar-refractivity contribution in [1.29, 1.82) is 0 Å². The van der Waals surface area contributed by atoms with Gasteiger partial charge in [-0.25, -0.2) is 0 Å². The average Bonchev–Trinajstić information content (AvgIpc) is 2.82. The summed E-state index contributed by atoms with van der Waals surface area (Å²) in [5.74, 6) is 0.799.